The van der Waals surface area contributed by atoms with Gasteiger partial charge < -0.3 is 15.0 Å². The average Bonchev–Trinajstić information content (AvgIpc) is 3.13. The minimum Gasteiger partial charge on any atom is -0.492 e. The minimum absolute atomic E-state index is 0.222. The molecule has 2 amide bonds. The number of carbonyl (C=O) groups excluding carboxylic acids is 2. The van der Waals surface area contributed by atoms with Crippen molar-refractivity contribution in [2.45, 2.75) is 19.5 Å². The molecule has 1 aliphatic heterocycles. The fourth-order valence-electron chi connectivity index (χ4n) is 3.33. The number of carbonyl (C=O) groups is 2. The standard InChI is InChI=1S/C23H22N4O3/c1-16(22(28)25-12-13-30-19-7-3-2-4-8-19)27-15-18-9-10-20(26-21(18)23(27)29)17-6-5-11-24-14-17/h2-11,14,16H,12-13,15H2,1H3,(H,25,28)/t16-/m1/s1. The van der Waals surface area contributed by atoms with E-state index >= 15 is 0 Å². The van der Waals surface area contributed by atoms with Crippen LogP contribution in [0.4, 0.5) is 0 Å². The third-order valence-corrected chi connectivity index (χ3v) is 5.00. The van der Waals surface area contributed by atoms with Gasteiger partial charge >= 0.3 is 0 Å². The Balaban J connectivity index is 1.35. The van der Waals surface area contributed by atoms with E-state index in [-0.39, 0.29) is 11.8 Å². The first-order valence-electron chi connectivity index (χ1n) is 9.80. The second-order valence-electron chi connectivity index (χ2n) is 7.01. The summed E-state index contributed by atoms with van der Waals surface area (Å²) >= 11 is 0. The lowest BCUT2D eigenvalue weighted by molar-refractivity contribution is -0.125. The summed E-state index contributed by atoms with van der Waals surface area (Å²) in [5, 5.41) is 2.83. The van der Waals surface area contributed by atoms with Crippen LogP contribution in [-0.2, 0) is 11.3 Å². The van der Waals surface area contributed by atoms with Gasteiger partial charge in [0.2, 0.25) is 5.91 Å². The molecular weight excluding hydrogens is 380 g/mol. The molecule has 0 saturated carbocycles. The lowest BCUT2D eigenvalue weighted by atomic mass is 10.1. The van der Waals surface area contributed by atoms with E-state index in [1.807, 2.05) is 54.6 Å². The Bertz CT molecular complexity index is 1040. The third kappa shape index (κ3) is 4.15. The smallest absolute Gasteiger partial charge is 0.273 e. The molecule has 0 fully saturated rings. The van der Waals surface area contributed by atoms with Gasteiger partial charge in [0.1, 0.15) is 24.1 Å². The van der Waals surface area contributed by atoms with Gasteiger partial charge in [0.05, 0.1) is 12.2 Å². The molecule has 3 aromatic rings. The van der Waals surface area contributed by atoms with Crippen LogP contribution in [0.15, 0.2) is 67.0 Å². The SMILES string of the molecule is C[C@H](C(=O)NCCOc1ccccc1)N1Cc2ccc(-c3cccnc3)nc2C1=O. The molecule has 0 bridgehead atoms. The zero-order valence-corrected chi connectivity index (χ0v) is 16.6. The summed E-state index contributed by atoms with van der Waals surface area (Å²) in [7, 11) is 0. The van der Waals surface area contributed by atoms with Crippen LogP contribution >= 0.6 is 0 Å². The van der Waals surface area contributed by atoms with Crippen LogP contribution in [0.1, 0.15) is 23.0 Å². The van der Waals surface area contributed by atoms with Crippen molar-refractivity contribution in [2.24, 2.45) is 0 Å². The summed E-state index contributed by atoms with van der Waals surface area (Å²) in [5.74, 6) is 0.291. The van der Waals surface area contributed by atoms with Crippen LogP contribution in [0.3, 0.4) is 0 Å². The number of ether oxygens (including phenoxy) is 1. The molecule has 1 aromatic carbocycles. The molecule has 7 nitrogen and oxygen atoms in total. The van der Waals surface area contributed by atoms with Crippen molar-refractivity contribution in [3.8, 4) is 17.0 Å². The number of hydrogen-bond acceptors (Lipinski definition) is 5. The Morgan fingerprint density at radius 3 is 2.77 bits per heavy atom. The van der Waals surface area contributed by atoms with Gasteiger partial charge in [-0.2, -0.15) is 0 Å². The fraction of sp³-hybridized carbons (Fsp3) is 0.217. The lowest BCUT2D eigenvalue weighted by Crippen LogP contribution is -2.46. The second kappa shape index (κ2) is 8.73. The molecule has 0 spiro atoms. The van der Waals surface area contributed by atoms with Crippen molar-refractivity contribution in [3.05, 3.63) is 78.2 Å². The van der Waals surface area contributed by atoms with Crippen molar-refractivity contribution in [1.82, 2.24) is 20.2 Å². The van der Waals surface area contributed by atoms with E-state index in [0.29, 0.717) is 31.1 Å². The van der Waals surface area contributed by atoms with Crippen molar-refractivity contribution in [2.75, 3.05) is 13.2 Å². The maximum absolute atomic E-state index is 12.9. The molecule has 30 heavy (non-hydrogen) atoms. The largest absolute Gasteiger partial charge is 0.492 e. The predicted molar refractivity (Wildman–Crippen MR) is 112 cm³/mol. The molecule has 1 N–H and O–H groups in total. The zero-order valence-electron chi connectivity index (χ0n) is 16.6. The van der Waals surface area contributed by atoms with Gasteiger partial charge in [-0.05, 0) is 37.3 Å². The molecule has 1 aliphatic rings. The summed E-state index contributed by atoms with van der Waals surface area (Å²) in [6.45, 7) is 2.80. The van der Waals surface area contributed by atoms with Crippen LogP contribution in [0, 0.1) is 0 Å². The monoisotopic (exact) mass is 402 g/mol. The normalized spacial score (nSPS) is 13.6. The Morgan fingerprint density at radius 1 is 1.17 bits per heavy atom. The zero-order chi connectivity index (χ0) is 20.9. The van der Waals surface area contributed by atoms with Gasteiger partial charge in [-0.3, -0.25) is 14.6 Å². The van der Waals surface area contributed by atoms with Crippen molar-refractivity contribution in [1.29, 1.82) is 0 Å². The Morgan fingerprint density at radius 2 is 2.00 bits per heavy atom. The number of nitrogens with zero attached hydrogens (tertiary/aromatic N) is 3. The minimum atomic E-state index is -0.606. The van der Waals surface area contributed by atoms with Crippen molar-refractivity contribution < 1.29 is 14.3 Å². The fourth-order valence-corrected chi connectivity index (χ4v) is 3.33. The van der Waals surface area contributed by atoms with Gasteiger partial charge in [0, 0.05) is 30.1 Å². The molecule has 3 heterocycles. The number of amides is 2. The topological polar surface area (TPSA) is 84.4 Å². The highest BCUT2D eigenvalue weighted by Gasteiger charge is 2.35. The van der Waals surface area contributed by atoms with Crippen LogP contribution in [0.5, 0.6) is 5.75 Å². The first kappa shape index (κ1) is 19.6. The Kier molecular flexibility index (Phi) is 5.70. The van der Waals surface area contributed by atoms with Crippen molar-refractivity contribution in [3.63, 3.8) is 0 Å². The first-order chi connectivity index (χ1) is 14.6. The molecule has 0 unspecified atom stereocenters. The van der Waals surface area contributed by atoms with Gasteiger partial charge in [-0.15, -0.1) is 0 Å². The summed E-state index contributed by atoms with van der Waals surface area (Å²) in [6, 6.07) is 16.3. The number of nitrogens with one attached hydrogen (secondary N) is 1. The highest BCUT2D eigenvalue weighted by molar-refractivity contribution is 5.99. The number of hydrogen-bond donors (Lipinski definition) is 1. The number of para-hydroxylation sites is 1. The van der Waals surface area contributed by atoms with Crippen LogP contribution < -0.4 is 10.1 Å². The number of rotatable bonds is 7. The second-order valence-corrected chi connectivity index (χ2v) is 7.01. The maximum atomic E-state index is 12.9. The number of benzene rings is 1. The summed E-state index contributed by atoms with van der Waals surface area (Å²) in [5.41, 5.74) is 2.74. The van der Waals surface area contributed by atoms with Crippen LogP contribution in [0.2, 0.25) is 0 Å². The molecular formula is C23H22N4O3. The van der Waals surface area contributed by atoms with E-state index in [1.54, 1.807) is 19.3 Å². The van der Waals surface area contributed by atoms with E-state index < -0.39 is 6.04 Å². The highest BCUT2D eigenvalue weighted by Crippen LogP contribution is 2.26. The Labute approximate surface area is 174 Å². The molecule has 0 aliphatic carbocycles. The third-order valence-electron chi connectivity index (χ3n) is 5.00. The first-order valence-corrected chi connectivity index (χ1v) is 9.80. The lowest BCUT2D eigenvalue weighted by Gasteiger charge is -2.23. The maximum Gasteiger partial charge on any atom is 0.273 e. The molecule has 1 atom stereocenters. The van der Waals surface area contributed by atoms with E-state index in [4.69, 9.17) is 4.74 Å². The van der Waals surface area contributed by atoms with Gasteiger partial charge in [-0.25, -0.2) is 4.98 Å². The molecule has 4 rings (SSSR count). The summed E-state index contributed by atoms with van der Waals surface area (Å²) in [4.78, 5) is 35.6. The predicted octanol–water partition coefficient (Wildman–Crippen LogP) is 2.68. The highest BCUT2D eigenvalue weighted by atomic mass is 16.5. The van der Waals surface area contributed by atoms with Gasteiger partial charge in [0.25, 0.3) is 5.91 Å². The van der Waals surface area contributed by atoms with E-state index in [1.165, 1.54) is 4.90 Å². The van der Waals surface area contributed by atoms with Crippen LogP contribution in [0.25, 0.3) is 11.3 Å². The quantitative estimate of drug-likeness (QED) is 0.614. The summed E-state index contributed by atoms with van der Waals surface area (Å²) < 4.78 is 5.58. The average molecular weight is 402 g/mol. The number of pyridine rings is 2. The van der Waals surface area contributed by atoms with Gasteiger partial charge in [-0.1, -0.05) is 24.3 Å². The van der Waals surface area contributed by atoms with E-state index in [9.17, 15) is 9.59 Å². The van der Waals surface area contributed by atoms with Crippen molar-refractivity contribution >= 4 is 11.8 Å². The number of aromatic nitrogens is 2. The van der Waals surface area contributed by atoms with Gasteiger partial charge in [0.15, 0.2) is 0 Å². The summed E-state index contributed by atoms with van der Waals surface area (Å²) in [6.07, 6.45) is 3.40. The molecule has 2 aromatic heterocycles. The molecule has 152 valence electrons. The molecule has 0 radical (unpaired) electrons. The van der Waals surface area contributed by atoms with E-state index in [2.05, 4.69) is 15.3 Å². The molecule has 0 saturated heterocycles. The number of fused-ring (bicyclic) bond motifs is 1. The Hall–Kier alpha value is -3.74. The van der Waals surface area contributed by atoms with Crippen LogP contribution in [-0.4, -0.2) is 45.9 Å². The molecule has 7 heteroatoms. The van der Waals surface area contributed by atoms with E-state index in [0.717, 1.165) is 16.9 Å².